The number of hydrogen-bond donors (Lipinski definition) is 1. The Kier molecular flexibility index (Phi) is 2.89. The Balaban J connectivity index is 2.51. The summed E-state index contributed by atoms with van der Waals surface area (Å²) in [5, 5.41) is 8.52. The predicted octanol–water partition coefficient (Wildman–Crippen LogP) is 1.03. The van der Waals surface area contributed by atoms with Crippen molar-refractivity contribution in [3.63, 3.8) is 0 Å². The summed E-state index contributed by atoms with van der Waals surface area (Å²) in [6.45, 7) is 0.605. The Morgan fingerprint density at radius 3 is 3.20 bits per heavy atom. The van der Waals surface area contributed by atoms with Crippen LogP contribution in [0.2, 0.25) is 0 Å². The minimum absolute atomic E-state index is 0.110. The minimum Gasteiger partial charge on any atom is -0.492 e. The first-order valence-corrected chi connectivity index (χ1v) is 3.77. The van der Waals surface area contributed by atoms with Crippen molar-refractivity contribution in [3.05, 3.63) is 12.0 Å². The van der Waals surface area contributed by atoms with E-state index in [4.69, 9.17) is 9.84 Å². The van der Waals surface area contributed by atoms with Crippen LogP contribution >= 0.6 is 15.9 Å². The van der Waals surface area contributed by atoms with Crippen LogP contribution in [0.4, 0.5) is 0 Å². The van der Waals surface area contributed by atoms with Gasteiger partial charge in [-0.25, -0.2) is 4.99 Å². The highest BCUT2D eigenvalue weighted by atomic mass is 79.9. The molecular weight excluding hydrogens is 198 g/mol. The van der Waals surface area contributed by atoms with Gasteiger partial charge in [-0.1, -0.05) is 0 Å². The SMILES string of the molecule is OCCC1=COCC(Br)=N1. The third kappa shape index (κ3) is 2.11. The van der Waals surface area contributed by atoms with Crippen LogP contribution in [0.1, 0.15) is 6.42 Å². The lowest BCUT2D eigenvalue weighted by Gasteiger charge is -2.08. The molecule has 0 amide bonds. The van der Waals surface area contributed by atoms with E-state index in [0.717, 1.165) is 10.3 Å². The number of ether oxygens (including phenoxy) is 1. The molecule has 1 N–H and O–H groups in total. The summed E-state index contributed by atoms with van der Waals surface area (Å²) in [4.78, 5) is 4.08. The summed E-state index contributed by atoms with van der Waals surface area (Å²) < 4.78 is 5.77. The molecule has 1 rings (SSSR count). The largest absolute Gasteiger partial charge is 0.492 e. The Bertz CT molecular complexity index is 177. The first-order valence-electron chi connectivity index (χ1n) is 2.97. The number of nitrogens with zero attached hydrogens (tertiary/aromatic N) is 1. The van der Waals surface area contributed by atoms with Crippen molar-refractivity contribution in [2.45, 2.75) is 6.42 Å². The van der Waals surface area contributed by atoms with Gasteiger partial charge in [0.1, 0.15) is 17.5 Å². The van der Waals surface area contributed by atoms with Crippen LogP contribution < -0.4 is 0 Å². The molecule has 0 saturated carbocycles. The van der Waals surface area contributed by atoms with Gasteiger partial charge in [0.15, 0.2) is 0 Å². The van der Waals surface area contributed by atoms with E-state index in [-0.39, 0.29) is 6.61 Å². The molecule has 3 nitrogen and oxygen atoms in total. The van der Waals surface area contributed by atoms with Crippen LogP contribution in [0.3, 0.4) is 0 Å². The summed E-state index contributed by atoms with van der Waals surface area (Å²) in [5.41, 5.74) is 0.778. The van der Waals surface area contributed by atoms with Crippen LogP contribution in [0.5, 0.6) is 0 Å². The summed E-state index contributed by atoms with van der Waals surface area (Å²) >= 11 is 3.20. The van der Waals surface area contributed by atoms with Gasteiger partial charge in [-0.15, -0.1) is 0 Å². The summed E-state index contributed by atoms with van der Waals surface area (Å²) in [6, 6.07) is 0. The van der Waals surface area contributed by atoms with Crippen molar-refractivity contribution in [3.8, 4) is 0 Å². The van der Waals surface area contributed by atoms with E-state index in [9.17, 15) is 0 Å². The number of aliphatic hydroxyl groups excluding tert-OH is 1. The molecular formula is C6H8BrNO2. The van der Waals surface area contributed by atoms with Crippen molar-refractivity contribution in [1.82, 2.24) is 0 Å². The normalized spacial score (nSPS) is 17.4. The third-order valence-electron chi connectivity index (χ3n) is 1.05. The maximum atomic E-state index is 8.52. The smallest absolute Gasteiger partial charge is 0.136 e. The first-order chi connectivity index (χ1) is 4.83. The Morgan fingerprint density at radius 2 is 2.60 bits per heavy atom. The number of halogens is 1. The lowest BCUT2D eigenvalue weighted by molar-refractivity contribution is 0.276. The zero-order valence-electron chi connectivity index (χ0n) is 5.38. The quantitative estimate of drug-likeness (QED) is 0.733. The molecule has 0 unspecified atom stereocenters. The topological polar surface area (TPSA) is 41.8 Å². The lowest BCUT2D eigenvalue weighted by Crippen LogP contribution is -2.04. The average Bonchev–Trinajstić information content (AvgIpc) is 1.88. The van der Waals surface area contributed by atoms with Crippen molar-refractivity contribution in [2.75, 3.05) is 13.2 Å². The van der Waals surface area contributed by atoms with Gasteiger partial charge in [0.05, 0.1) is 5.70 Å². The van der Waals surface area contributed by atoms with Crippen LogP contribution in [-0.2, 0) is 4.74 Å². The van der Waals surface area contributed by atoms with Gasteiger partial charge < -0.3 is 9.84 Å². The van der Waals surface area contributed by atoms with Gasteiger partial charge in [-0.2, -0.15) is 0 Å². The van der Waals surface area contributed by atoms with Crippen molar-refractivity contribution in [2.24, 2.45) is 4.99 Å². The summed E-state index contributed by atoms with van der Waals surface area (Å²) in [6.07, 6.45) is 2.12. The number of hydrogen-bond acceptors (Lipinski definition) is 3. The second-order valence-electron chi connectivity index (χ2n) is 1.88. The highest BCUT2D eigenvalue weighted by Gasteiger charge is 2.03. The molecule has 0 aromatic heterocycles. The fourth-order valence-electron chi connectivity index (χ4n) is 0.650. The molecule has 0 fully saturated rings. The molecule has 1 heterocycles. The predicted molar refractivity (Wildman–Crippen MR) is 42.1 cm³/mol. The first kappa shape index (κ1) is 7.75. The maximum absolute atomic E-state index is 8.52. The minimum atomic E-state index is 0.110. The van der Waals surface area contributed by atoms with E-state index < -0.39 is 0 Å². The van der Waals surface area contributed by atoms with Gasteiger partial charge in [-0.05, 0) is 15.9 Å². The van der Waals surface area contributed by atoms with E-state index >= 15 is 0 Å². The van der Waals surface area contributed by atoms with Crippen LogP contribution in [0.15, 0.2) is 17.0 Å². The molecule has 56 valence electrons. The highest BCUT2D eigenvalue weighted by Crippen LogP contribution is 2.10. The molecule has 10 heavy (non-hydrogen) atoms. The van der Waals surface area contributed by atoms with E-state index in [1.165, 1.54) is 0 Å². The fraction of sp³-hybridized carbons (Fsp3) is 0.500. The zero-order valence-corrected chi connectivity index (χ0v) is 6.97. The monoisotopic (exact) mass is 205 g/mol. The van der Waals surface area contributed by atoms with Crippen LogP contribution in [0, 0.1) is 0 Å². The average molecular weight is 206 g/mol. The zero-order chi connectivity index (χ0) is 7.40. The standard InChI is InChI=1S/C6H8BrNO2/c7-6-4-10-3-5(8-6)1-2-9/h3,9H,1-2,4H2. The van der Waals surface area contributed by atoms with E-state index in [1.807, 2.05) is 0 Å². The van der Waals surface area contributed by atoms with Crippen molar-refractivity contribution < 1.29 is 9.84 Å². The fourth-order valence-corrected chi connectivity index (χ4v) is 1.01. The Morgan fingerprint density at radius 1 is 1.80 bits per heavy atom. The number of rotatable bonds is 2. The van der Waals surface area contributed by atoms with Gasteiger partial charge in [0.25, 0.3) is 0 Å². The lowest BCUT2D eigenvalue weighted by atomic mass is 10.3. The molecule has 0 radical (unpaired) electrons. The molecule has 1 aliphatic rings. The molecule has 0 atom stereocenters. The molecule has 1 aliphatic heterocycles. The van der Waals surface area contributed by atoms with Crippen molar-refractivity contribution in [1.29, 1.82) is 0 Å². The Labute approximate surface area is 67.5 Å². The van der Waals surface area contributed by atoms with Crippen LogP contribution in [0.25, 0.3) is 0 Å². The maximum Gasteiger partial charge on any atom is 0.136 e. The number of aliphatic hydroxyl groups is 1. The van der Waals surface area contributed by atoms with Crippen molar-refractivity contribution >= 4 is 20.6 Å². The highest BCUT2D eigenvalue weighted by molar-refractivity contribution is 9.18. The summed E-state index contributed by atoms with van der Waals surface area (Å²) in [5.74, 6) is 0. The van der Waals surface area contributed by atoms with Gasteiger partial charge in [0, 0.05) is 13.0 Å². The van der Waals surface area contributed by atoms with Gasteiger partial charge >= 0.3 is 0 Å². The number of aliphatic imine (C=N–C) groups is 1. The molecule has 0 aliphatic carbocycles. The second-order valence-corrected chi connectivity index (χ2v) is 2.80. The van der Waals surface area contributed by atoms with E-state index in [1.54, 1.807) is 6.26 Å². The molecule has 0 aromatic rings. The Hall–Kier alpha value is -0.350. The third-order valence-corrected chi connectivity index (χ3v) is 1.46. The van der Waals surface area contributed by atoms with E-state index in [2.05, 4.69) is 20.9 Å². The molecule has 4 heteroatoms. The summed E-state index contributed by atoms with van der Waals surface area (Å²) in [7, 11) is 0. The van der Waals surface area contributed by atoms with Gasteiger partial charge in [0.2, 0.25) is 0 Å². The molecule has 0 saturated heterocycles. The second kappa shape index (κ2) is 3.73. The van der Waals surface area contributed by atoms with E-state index in [0.29, 0.717) is 13.0 Å². The molecule has 0 bridgehead atoms. The van der Waals surface area contributed by atoms with Gasteiger partial charge in [-0.3, -0.25) is 0 Å². The van der Waals surface area contributed by atoms with Crippen LogP contribution in [-0.4, -0.2) is 22.9 Å². The molecule has 0 spiro atoms. The molecule has 0 aromatic carbocycles.